The van der Waals surface area contributed by atoms with E-state index in [2.05, 4.69) is 154 Å². The van der Waals surface area contributed by atoms with Crippen molar-refractivity contribution in [3.8, 4) is 0 Å². The van der Waals surface area contributed by atoms with Crippen molar-refractivity contribution >= 4 is 86.8 Å². The van der Waals surface area contributed by atoms with Crippen molar-refractivity contribution in [1.29, 1.82) is 0 Å². The van der Waals surface area contributed by atoms with Gasteiger partial charge in [0.1, 0.15) is 24.5 Å². The van der Waals surface area contributed by atoms with Crippen molar-refractivity contribution < 1.29 is 0 Å². The second kappa shape index (κ2) is 12.1. The predicted octanol–water partition coefficient (Wildman–Crippen LogP) is 10.3. The van der Waals surface area contributed by atoms with E-state index < -0.39 is 0 Å². The van der Waals surface area contributed by atoms with E-state index in [4.69, 9.17) is 0 Å². The highest BCUT2D eigenvalue weighted by Gasteiger charge is 2.43. The van der Waals surface area contributed by atoms with Gasteiger partial charge in [-0.2, -0.15) is 0 Å². The minimum Gasteiger partial charge on any atom is -0.361 e. The number of rotatable bonds is 8. The maximum Gasteiger partial charge on any atom is 0.138 e. The van der Waals surface area contributed by atoms with Crippen LogP contribution in [0.5, 0.6) is 0 Å². The predicted molar refractivity (Wildman–Crippen MR) is 207 cm³/mol. The lowest BCUT2D eigenvalue weighted by Crippen LogP contribution is -2.62. The van der Waals surface area contributed by atoms with Crippen LogP contribution in [0.1, 0.15) is 17.5 Å². The standard InChI is InChI=1S/C40H37Br2N6/c41-30-2-7-39-35(21-30)28(23-45-39)1-4-32-25-48(33-5-9-37-26(19-33)11-14-43-37,34-6-10-38-27(20-34)12-15-44-38)18-17-47(32)16-13-29-24-46-40-8-3-31(42)22-36(29)40/h2-3,5-12,14-15,19-24,32,43-46H,1,4,13,16-18,25H2/q+1. The summed E-state index contributed by atoms with van der Waals surface area (Å²) in [7, 11) is 0. The lowest BCUT2D eigenvalue weighted by Gasteiger charge is -2.48. The van der Waals surface area contributed by atoms with Crippen LogP contribution in [-0.2, 0) is 12.8 Å². The van der Waals surface area contributed by atoms with Crippen molar-refractivity contribution in [3.63, 3.8) is 0 Å². The minimum atomic E-state index is 0.386. The summed E-state index contributed by atoms with van der Waals surface area (Å²) in [5.74, 6) is 0. The van der Waals surface area contributed by atoms with Gasteiger partial charge in [0, 0.05) is 115 Å². The van der Waals surface area contributed by atoms with Gasteiger partial charge in [0.15, 0.2) is 0 Å². The zero-order valence-corrected chi connectivity index (χ0v) is 29.7. The second-order valence-corrected chi connectivity index (χ2v) is 15.2. The molecule has 0 bridgehead atoms. The lowest BCUT2D eigenvalue weighted by atomic mass is 9.97. The van der Waals surface area contributed by atoms with Crippen molar-refractivity contribution in [2.45, 2.75) is 25.3 Å². The summed E-state index contributed by atoms with van der Waals surface area (Å²) in [6.07, 6.45) is 11.6. The van der Waals surface area contributed by atoms with Crippen molar-refractivity contribution in [2.24, 2.45) is 0 Å². The van der Waals surface area contributed by atoms with Gasteiger partial charge < -0.3 is 19.9 Å². The van der Waals surface area contributed by atoms with Gasteiger partial charge in [-0.25, -0.2) is 0 Å². The molecule has 4 aromatic carbocycles. The molecule has 0 radical (unpaired) electrons. The molecule has 48 heavy (non-hydrogen) atoms. The molecule has 1 saturated heterocycles. The topological polar surface area (TPSA) is 66.4 Å². The maximum absolute atomic E-state index is 3.71. The van der Waals surface area contributed by atoms with Crippen LogP contribution in [0.4, 0.5) is 11.4 Å². The van der Waals surface area contributed by atoms with Crippen LogP contribution in [0.3, 0.4) is 0 Å². The van der Waals surface area contributed by atoms with Gasteiger partial charge >= 0.3 is 0 Å². The molecule has 6 nitrogen and oxygen atoms in total. The fourth-order valence-electron chi connectivity index (χ4n) is 8.15. The number of aromatic amines is 4. The zero-order valence-electron chi connectivity index (χ0n) is 26.6. The van der Waals surface area contributed by atoms with E-state index in [1.165, 1.54) is 66.1 Å². The van der Waals surface area contributed by atoms with Gasteiger partial charge in [-0.1, -0.05) is 31.9 Å². The third-order valence-corrected chi connectivity index (χ3v) is 11.7. The van der Waals surface area contributed by atoms with Crippen molar-refractivity contribution in [3.05, 3.63) is 130 Å². The van der Waals surface area contributed by atoms with E-state index in [1.807, 2.05) is 12.4 Å². The zero-order chi connectivity index (χ0) is 32.2. The van der Waals surface area contributed by atoms with Gasteiger partial charge in [0.25, 0.3) is 0 Å². The Morgan fingerprint density at radius 1 is 0.625 bits per heavy atom. The average Bonchev–Trinajstić information content (AvgIpc) is 3.92. The molecule has 1 aliphatic heterocycles. The quantitative estimate of drug-likeness (QED) is 0.115. The van der Waals surface area contributed by atoms with Gasteiger partial charge in [-0.05, 0) is 91.1 Å². The SMILES string of the molecule is Brc1ccc2[nH]cc(CCC3C[N+](c4ccc5[nH]ccc5c4)(c4ccc5[nH]ccc5c4)CCN3CCc3c[nH]c4ccc(Br)cc34)c2c1. The first-order chi connectivity index (χ1) is 23.5. The Hall–Kier alpha value is -4.08. The second-order valence-electron chi connectivity index (χ2n) is 13.4. The fraction of sp³-hybridized carbons (Fsp3) is 0.200. The molecule has 1 aliphatic rings. The molecule has 5 heterocycles. The third kappa shape index (κ3) is 5.31. The molecule has 1 unspecified atom stereocenters. The monoisotopic (exact) mass is 759 g/mol. The van der Waals surface area contributed by atoms with Crippen LogP contribution >= 0.6 is 31.9 Å². The molecule has 8 heteroatoms. The number of H-pyrrole nitrogens is 4. The van der Waals surface area contributed by atoms with Gasteiger partial charge in [-0.3, -0.25) is 9.38 Å². The highest BCUT2D eigenvalue weighted by atomic mass is 79.9. The highest BCUT2D eigenvalue weighted by Crippen LogP contribution is 2.41. The average molecular weight is 762 g/mol. The van der Waals surface area contributed by atoms with Crippen LogP contribution < -0.4 is 4.48 Å². The Balaban J connectivity index is 1.10. The summed E-state index contributed by atoms with van der Waals surface area (Å²) >= 11 is 7.41. The van der Waals surface area contributed by atoms with E-state index in [9.17, 15) is 0 Å². The molecule has 1 atom stereocenters. The van der Waals surface area contributed by atoms with E-state index >= 15 is 0 Å². The minimum absolute atomic E-state index is 0.386. The van der Waals surface area contributed by atoms with Crippen LogP contribution in [0.2, 0.25) is 0 Å². The molecule has 8 aromatic rings. The first kappa shape index (κ1) is 30.0. The smallest absolute Gasteiger partial charge is 0.138 e. The first-order valence-corrected chi connectivity index (χ1v) is 18.4. The molecular weight excluding hydrogens is 724 g/mol. The summed E-state index contributed by atoms with van der Waals surface area (Å²) < 4.78 is 3.08. The Kier molecular flexibility index (Phi) is 7.57. The van der Waals surface area contributed by atoms with E-state index in [0.29, 0.717) is 6.04 Å². The summed E-state index contributed by atoms with van der Waals surface area (Å²) in [6, 6.07) is 31.9. The molecule has 0 spiro atoms. The van der Waals surface area contributed by atoms with Crippen LogP contribution in [-0.4, -0.2) is 57.1 Å². The summed E-state index contributed by atoms with van der Waals surface area (Å²) in [6.45, 7) is 4.07. The van der Waals surface area contributed by atoms with Crippen molar-refractivity contribution in [2.75, 3.05) is 26.2 Å². The third-order valence-electron chi connectivity index (χ3n) is 10.7. The molecular formula is C40H37Br2N6+. The molecule has 4 N–H and O–H groups in total. The number of benzene rings is 4. The number of hydrogen-bond acceptors (Lipinski definition) is 1. The summed E-state index contributed by atoms with van der Waals surface area (Å²) in [5.41, 5.74) is 10.3. The van der Waals surface area contributed by atoms with E-state index in [1.54, 1.807) is 0 Å². The normalized spacial score (nSPS) is 16.9. The highest BCUT2D eigenvalue weighted by molar-refractivity contribution is 9.10. The molecule has 4 aromatic heterocycles. The number of halogens is 2. The molecule has 0 saturated carbocycles. The maximum atomic E-state index is 3.71. The molecule has 240 valence electrons. The summed E-state index contributed by atoms with van der Waals surface area (Å²) in [4.78, 5) is 16.6. The van der Waals surface area contributed by atoms with Gasteiger partial charge in [0.05, 0.1) is 6.04 Å². The number of aryl methyl sites for hydroxylation is 1. The number of nitrogens with one attached hydrogen (secondary N) is 4. The number of aromatic nitrogens is 4. The molecule has 0 aliphatic carbocycles. The van der Waals surface area contributed by atoms with E-state index in [-0.39, 0.29) is 0 Å². The first-order valence-electron chi connectivity index (χ1n) is 16.8. The van der Waals surface area contributed by atoms with Gasteiger partial charge in [-0.15, -0.1) is 0 Å². The number of fused-ring (bicyclic) bond motifs is 4. The Bertz CT molecular complexity index is 2340. The largest absolute Gasteiger partial charge is 0.361 e. The van der Waals surface area contributed by atoms with Crippen molar-refractivity contribution in [1.82, 2.24) is 29.3 Å². The molecule has 1 fully saturated rings. The molecule has 0 amide bonds. The molecule has 9 rings (SSSR count). The van der Waals surface area contributed by atoms with E-state index in [0.717, 1.165) is 58.9 Å². The Morgan fingerprint density at radius 2 is 1.19 bits per heavy atom. The summed E-state index contributed by atoms with van der Waals surface area (Å²) in [5, 5.41) is 5.16. The number of hydrogen-bond donors (Lipinski definition) is 4. The number of nitrogens with zero attached hydrogens (tertiary/aromatic N) is 2. The lowest BCUT2D eigenvalue weighted by molar-refractivity contribution is 0.102. The van der Waals surface area contributed by atoms with Crippen LogP contribution in [0, 0.1) is 0 Å². The van der Waals surface area contributed by atoms with Crippen LogP contribution in [0.25, 0.3) is 43.6 Å². The van der Waals surface area contributed by atoms with Gasteiger partial charge in [0.2, 0.25) is 0 Å². The van der Waals surface area contributed by atoms with Crippen LogP contribution in [0.15, 0.2) is 119 Å². The Labute approximate surface area is 296 Å². The fourth-order valence-corrected chi connectivity index (χ4v) is 8.87. The number of piperazine rings is 1. The Morgan fingerprint density at radius 3 is 1.79 bits per heavy atom. The number of quaternary nitrogens is 1.